The predicted molar refractivity (Wildman–Crippen MR) is 151 cm³/mol. The van der Waals surface area contributed by atoms with Crippen molar-refractivity contribution in [2.75, 3.05) is 18.4 Å². The minimum Gasteiger partial charge on any atom is -0.437 e. The van der Waals surface area contributed by atoms with Crippen molar-refractivity contribution in [1.82, 2.24) is 25.0 Å². The summed E-state index contributed by atoms with van der Waals surface area (Å²) < 4.78 is 29.5. The number of anilines is 1. The molecule has 9 nitrogen and oxygen atoms in total. The van der Waals surface area contributed by atoms with Gasteiger partial charge in [0.25, 0.3) is 0 Å². The molecule has 0 aliphatic carbocycles. The van der Waals surface area contributed by atoms with E-state index in [2.05, 4.69) is 31.4 Å². The van der Waals surface area contributed by atoms with E-state index in [0.29, 0.717) is 24.3 Å². The Hall–Kier alpha value is -3.44. The lowest BCUT2D eigenvalue weighted by Gasteiger charge is -2.23. The number of hydrogen-bond acceptors (Lipinski definition) is 7. The maximum absolute atomic E-state index is 11.2. The largest absolute Gasteiger partial charge is 0.437 e. The summed E-state index contributed by atoms with van der Waals surface area (Å²) in [5.41, 5.74) is 3.53. The number of rotatable bonds is 9. The van der Waals surface area contributed by atoms with Gasteiger partial charge < -0.3 is 15.4 Å². The molecule has 1 saturated heterocycles. The molecule has 0 bridgehead atoms. The average molecular weight is 533 g/mol. The molecular formula is C28H32N6O3S. The first kappa shape index (κ1) is 26.2. The zero-order valence-electron chi connectivity index (χ0n) is 21.5. The molecule has 0 spiro atoms. The number of nitrogens with one attached hydrogen (secondary N) is 3. The fraction of sp³-hybridized carbons (Fsp3) is 0.321. The lowest BCUT2D eigenvalue weighted by atomic mass is 9.97. The van der Waals surface area contributed by atoms with Gasteiger partial charge in [-0.3, -0.25) is 4.55 Å². The number of piperidine rings is 1. The van der Waals surface area contributed by atoms with Crippen LogP contribution >= 0.6 is 0 Å². The number of fused-ring (bicyclic) bond motifs is 1. The van der Waals surface area contributed by atoms with Gasteiger partial charge in [-0.15, -0.1) is 0 Å². The van der Waals surface area contributed by atoms with E-state index in [1.807, 2.05) is 56.3 Å². The van der Waals surface area contributed by atoms with Gasteiger partial charge in [-0.05, 0) is 74.4 Å². The van der Waals surface area contributed by atoms with Gasteiger partial charge in [-0.25, -0.2) is 23.9 Å². The zero-order chi connectivity index (χ0) is 26.5. The van der Waals surface area contributed by atoms with Crippen molar-refractivity contribution in [2.24, 2.45) is 0 Å². The van der Waals surface area contributed by atoms with E-state index in [0.717, 1.165) is 64.8 Å². The van der Waals surface area contributed by atoms with Crippen LogP contribution in [-0.4, -0.2) is 48.9 Å². The Morgan fingerprint density at radius 2 is 2.03 bits per heavy atom. The Labute approximate surface area is 224 Å². The monoisotopic (exact) mass is 532 g/mol. The number of aromatic nitrogens is 3. The zero-order valence-corrected chi connectivity index (χ0v) is 22.3. The molecule has 0 saturated carbocycles. The number of benzene rings is 2. The van der Waals surface area contributed by atoms with E-state index in [1.54, 1.807) is 12.4 Å². The van der Waals surface area contributed by atoms with Crippen LogP contribution in [0.1, 0.15) is 30.9 Å². The van der Waals surface area contributed by atoms with Gasteiger partial charge in [0.2, 0.25) is 23.1 Å². The second-order valence-electron chi connectivity index (χ2n) is 9.61. The summed E-state index contributed by atoms with van der Waals surface area (Å²) in [6.45, 7) is 5.83. The van der Waals surface area contributed by atoms with Gasteiger partial charge >= 0.3 is 0 Å². The maximum Gasteiger partial charge on any atom is 0.231 e. The minimum absolute atomic E-state index is 0.176. The molecule has 2 aromatic carbocycles. The van der Waals surface area contributed by atoms with Crippen molar-refractivity contribution < 1.29 is 13.5 Å². The SMILES string of the molecule is Cc1ccc2c(CC(C)NS(=O)O)cccc2c1Oc1ncccc1-c1ccnc(NC2CCCNC2)n1. The highest BCUT2D eigenvalue weighted by atomic mass is 32.2. The third-order valence-electron chi connectivity index (χ3n) is 6.66. The third kappa shape index (κ3) is 6.16. The van der Waals surface area contributed by atoms with Crippen molar-refractivity contribution in [3.8, 4) is 22.9 Å². The van der Waals surface area contributed by atoms with E-state index in [9.17, 15) is 8.76 Å². The first-order chi connectivity index (χ1) is 18.5. The van der Waals surface area contributed by atoms with Crippen LogP contribution in [0.4, 0.5) is 5.95 Å². The molecule has 5 rings (SSSR count). The van der Waals surface area contributed by atoms with E-state index < -0.39 is 11.3 Å². The Bertz CT molecular complexity index is 1440. The normalized spacial score (nSPS) is 17.2. The van der Waals surface area contributed by atoms with Gasteiger partial charge in [-0.1, -0.05) is 30.3 Å². The first-order valence-corrected chi connectivity index (χ1v) is 13.9. The Balaban J connectivity index is 1.46. The second-order valence-corrected chi connectivity index (χ2v) is 10.3. The van der Waals surface area contributed by atoms with Gasteiger partial charge in [0, 0.05) is 36.4 Å². The molecule has 4 aromatic rings. The second kappa shape index (κ2) is 12.0. The molecule has 0 radical (unpaired) electrons. The molecule has 38 heavy (non-hydrogen) atoms. The van der Waals surface area contributed by atoms with Crippen molar-refractivity contribution in [2.45, 2.75) is 45.2 Å². The summed E-state index contributed by atoms with van der Waals surface area (Å²) in [6, 6.07) is 15.9. The van der Waals surface area contributed by atoms with E-state index >= 15 is 0 Å². The lowest BCUT2D eigenvalue weighted by molar-refractivity contribution is 0.466. The molecule has 1 aliphatic heterocycles. The van der Waals surface area contributed by atoms with Crippen LogP contribution in [0, 0.1) is 6.92 Å². The predicted octanol–water partition coefficient (Wildman–Crippen LogP) is 4.61. The quantitative estimate of drug-likeness (QED) is 0.231. The van der Waals surface area contributed by atoms with Gasteiger partial charge in [0.15, 0.2) is 0 Å². The highest BCUT2D eigenvalue weighted by Gasteiger charge is 2.18. The van der Waals surface area contributed by atoms with Gasteiger partial charge in [-0.2, -0.15) is 0 Å². The number of nitrogens with zero attached hydrogens (tertiary/aromatic N) is 3. The van der Waals surface area contributed by atoms with Crippen LogP contribution in [0.2, 0.25) is 0 Å². The summed E-state index contributed by atoms with van der Waals surface area (Å²) >= 11 is -2.06. The first-order valence-electron chi connectivity index (χ1n) is 12.8. The number of ether oxygens (including phenoxy) is 1. The van der Waals surface area contributed by atoms with E-state index in [1.165, 1.54) is 0 Å². The smallest absolute Gasteiger partial charge is 0.231 e. The maximum atomic E-state index is 11.2. The van der Waals surface area contributed by atoms with Crippen LogP contribution in [-0.2, 0) is 17.7 Å². The Morgan fingerprint density at radius 1 is 1.13 bits per heavy atom. The van der Waals surface area contributed by atoms with E-state index in [4.69, 9.17) is 9.72 Å². The van der Waals surface area contributed by atoms with Crippen LogP contribution in [0.25, 0.3) is 22.0 Å². The summed E-state index contributed by atoms with van der Waals surface area (Å²) in [5.74, 6) is 1.77. The molecule has 2 aromatic heterocycles. The summed E-state index contributed by atoms with van der Waals surface area (Å²) in [6.07, 6.45) is 6.26. The lowest BCUT2D eigenvalue weighted by Crippen LogP contribution is -2.38. The van der Waals surface area contributed by atoms with Crippen molar-refractivity contribution >= 4 is 28.0 Å². The topological polar surface area (TPSA) is 121 Å². The highest BCUT2D eigenvalue weighted by molar-refractivity contribution is 7.77. The van der Waals surface area contributed by atoms with Crippen LogP contribution < -0.4 is 20.1 Å². The van der Waals surface area contributed by atoms with E-state index in [-0.39, 0.29) is 6.04 Å². The van der Waals surface area contributed by atoms with Crippen LogP contribution in [0.5, 0.6) is 11.6 Å². The van der Waals surface area contributed by atoms with Crippen molar-refractivity contribution in [1.29, 1.82) is 0 Å². The third-order valence-corrected chi connectivity index (χ3v) is 7.26. The summed E-state index contributed by atoms with van der Waals surface area (Å²) in [7, 11) is 0. The summed E-state index contributed by atoms with van der Waals surface area (Å²) in [5, 5.41) is 8.82. The molecule has 3 unspecified atom stereocenters. The Morgan fingerprint density at radius 3 is 2.84 bits per heavy atom. The van der Waals surface area contributed by atoms with Crippen molar-refractivity contribution in [3.63, 3.8) is 0 Å². The molecule has 10 heteroatoms. The average Bonchev–Trinajstić information content (AvgIpc) is 2.91. The number of pyridine rings is 1. The Kier molecular flexibility index (Phi) is 8.23. The standard InChI is InChI=1S/C28H32N6O3S/c1-18-10-11-22-20(16-19(2)34-38(35)36)6-3-8-23(22)26(18)37-27-24(9-5-14-30-27)25-12-15-31-28(33-25)32-21-7-4-13-29-17-21/h3,5-6,8-12,14-15,19,21,29,34H,4,7,13,16-17H2,1-2H3,(H,35,36)(H,31,32,33). The molecule has 0 amide bonds. The molecule has 198 valence electrons. The minimum atomic E-state index is -2.06. The summed E-state index contributed by atoms with van der Waals surface area (Å²) in [4.78, 5) is 13.8. The van der Waals surface area contributed by atoms with Gasteiger partial charge in [0.1, 0.15) is 5.75 Å². The molecule has 3 atom stereocenters. The van der Waals surface area contributed by atoms with Crippen LogP contribution in [0.15, 0.2) is 60.9 Å². The molecule has 4 N–H and O–H groups in total. The fourth-order valence-electron chi connectivity index (χ4n) is 4.86. The number of hydrogen-bond donors (Lipinski definition) is 4. The molecule has 1 fully saturated rings. The molecule has 3 heterocycles. The fourth-order valence-corrected chi connectivity index (χ4v) is 5.29. The van der Waals surface area contributed by atoms with Gasteiger partial charge in [0.05, 0.1) is 11.3 Å². The number of aryl methyl sites for hydroxylation is 1. The molecule has 1 aliphatic rings. The van der Waals surface area contributed by atoms with Crippen LogP contribution in [0.3, 0.4) is 0 Å². The molecular weight excluding hydrogens is 500 g/mol. The highest BCUT2D eigenvalue weighted by Crippen LogP contribution is 2.37. The van der Waals surface area contributed by atoms with Crippen molar-refractivity contribution in [3.05, 3.63) is 72.1 Å².